The van der Waals surface area contributed by atoms with Crippen LogP contribution in [0.15, 0.2) is 23.3 Å². The van der Waals surface area contributed by atoms with E-state index in [0.29, 0.717) is 5.69 Å². The maximum absolute atomic E-state index is 11.6. The van der Waals surface area contributed by atoms with Crippen LogP contribution in [-0.4, -0.2) is 16.7 Å². The highest BCUT2D eigenvalue weighted by atomic mass is 16.3. The van der Waals surface area contributed by atoms with E-state index in [2.05, 4.69) is 10.5 Å². The number of amides is 1. The first-order valence-corrected chi connectivity index (χ1v) is 6.01. The molecule has 0 aliphatic carbocycles. The number of carbonyl (C=O) groups excluding carboxylic acids is 1. The number of hydrogen-bond donors (Lipinski definition) is 3. The minimum Gasteiger partial charge on any atom is -0.506 e. The molecule has 5 heteroatoms. The van der Waals surface area contributed by atoms with Crippen LogP contribution in [0, 0.1) is 11.8 Å². The van der Waals surface area contributed by atoms with Crippen LogP contribution in [-0.2, 0) is 4.79 Å². The summed E-state index contributed by atoms with van der Waals surface area (Å²) >= 11 is 0. The Kier molecular flexibility index (Phi) is 3.23. The summed E-state index contributed by atoms with van der Waals surface area (Å²) in [5, 5.41) is 13.8. The van der Waals surface area contributed by atoms with Gasteiger partial charge in [0.1, 0.15) is 5.75 Å². The molecule has 1 amide bonds. The number of anilines is 1. The van der Waals surface area contributed by atoms with Gasteiger partial charge in [0.25, 0.3) is 0 Å². The molecule has 1 aromatic rings. The van der Waals surface area contributed by atoms with Crippen LogP contribution in [0.1, 0.15) is 25.8 Å². The first kappa shape index (κ1) is 12.4. The number of nitrogen functional groups attached to an aromatic ring is 1. The molecule has 0 bridgehead atoms. The molecule has 0 fully saturated rings. The van der Waals surface area contributed by atoms with E-state index in [1.54, 1.807) is 18.2 Å². The average Bonchev–Trinajstić information content (AvgIpc) is 2.36. The maximum atomic E-state index is 11.6. The van der Waals surface area contributed by atoms with Gasteiger partial charge in [-0.2, -0.15) is 5.10 Å². The van der Waals surface area contributed by atoms with Crippen LogP contribution in [0.25, 0.3) is 0 Å². The maximum Gasteiger partial charge on any atom is 0.243 e. The Morgan fingerprint density at radius 2 is 2.22 bits per heavy atom. The van der Waals surface area contributed by atoms with Crippen LogP contribution in [0.3, 0.4) is 0 Å². The molecule has 1 heterocycles. The zero-order chi connectivity index (χ0) is 13.3. The van der Waals surface area contributed by atoms with Crippen LogP contribution in [0.2, 0.25) is 0 Å². The number of hydrazone groups is 1. The van der Waals surface area contributed by atoms with Crippen molar-refractivity contribution >= 4 is 17.3 Å². The third kappa shape index (κ3) is 2.03. The summed E-state index contributed by atoms with van der Waals surface area (Å²) in [7, 11) is 0. The number of hydrogen-bond acceptors (Lipinski definition) is 4. The monoisotopic (exact) mass is 247 g/mol. The van der Waals surface area contributed by atoms with Gasteiger partial charge in [0.2, 0.25) is 5.91 Å². The Balaban J connectivity index is 2.42. The minimum atomic E-state index is -0.123. The van der Waals surface area contributed by atoms with Gasteiger partial charge in [-0.3, -0.25) is 4.79 Å². The van der Waals surface area contributed by atoms with Crippen LogP contribution >= 0.6 is 0 Å². The molecule has 1 aliphatic heterocycles. The predicted octanol–water partition coefficient (Wildman–Crippen LogP) is 1.47. The SMILES string of the molecule is CCC1C(c2ccc(N)c(O)c2)=NNC(=O)[C@H]1C. The number of nitrogens with zero attached hydrogens (tertiary/aromatic N) is 1. The number of benzene rings is 1. The van der Waals surface area contributed by atoms with E-state index in [1.807, 2.05) is 13.8 Å². The molecule has 5 nitrogen and oxygen atoms in total. The first-order valence-electron chi connectivity index (χ1n) is 6.01. The van der Waals surface area contributed by atoms with Crippen molar-refractivity contribution in [3.8, 4) is 5.75 Å². The van der Waals surface area contributed by atoms with Gasteiger partial charge < -0.3 is 10.8 Å². The molecule has 0 spiro atoms. The Labute approximate surface area is 106 Å². The lowest BCUT2D eigenvalue weighted by atomic mass is 9.82. The highest BCUT2D eigenvalue weighted by molar-refractivity contribution is 6.07. The zero-order valence-electron chi connectivity index (χ0n) is 10.5. The van der Waals surface area contributed by atoms with Crippen LogP contribution in [0.5, 0.6) is 5.75 Å². The Hall–Kier alpha value is -2.04. The van der Waals surface area contributed by atoms with E-state index in [9.17, 15) is 9.90 Å². The quantitative estimate of drug-likeness (QED) is 0.546. The molecule has 1 aromatic carbocycles. The van der Waals surface area contributed by atoms with E-state index < -0.39 is 0 Å². The van der Waals surface area contributed by atoms with Gasteiger partial charge in [0.15, 0.2) is 0 Å². The van der Waals surface area contributed by atoms with E-state index in [1.165, 1.54) is 0 Å². The number of nitrogens with two attached hydrogens (primary N) is 1. The second kappa shape index (κ2) is 4.68. The standard InChI is InChI=1S/C13H17N3O2/c1-3-9-7(2)13(18)16-15-12(9)8-4-5-10(14)11(17)6-8/h4-7,9,17H,3,14H2,1-2H3,(H,16,18)/t7-,9?/m0/s1. The molecule has 0 saturated carbocycles. The summed E-state index contributed by atoms with van der Waals surface area (Å²) in [6, 6.07) is 5.03. The molecular formula is C13H17N3O2. The fourth-order valence-electron chi connectivity index (χ4n) is 2.25. The molecular weight excluding hydrogens is 230 g/mol. The summed E-state index contributed by atoms with van der Waals surface area (Å²) in [6.45, 7) is 3.90. The highest BCUT2D eigenvalue weighted by Gasteiger charge is 2.31. The Morgan fingerprint density at radius 3 is 2.83 bits per heavy atom. The van der Waals surface area contributed by atoms with Crippen molar-refractivity contribution in [1.29, 1.82) is 0 Å². The van der Waals surface area contributed by atoms with Crippen molar-refractivity contribution in [2.75, 3.05) is 5.73 Å². The smallest absolute Gasteiger partial charge is 0.243 e. The van der Waals surface area contributed by atoms with Crippen LogP contribution < -0.4 is 11.2 Å². The lowest BCUT2D eigenvalue weighted by Gasteiger charge is -2.27. The van der Waals surface area contributed by atoms with Gasteiger partial charge in [-0.15, -0.1) is 0 Å². The molecule has 0 radical (unpaired) electrons. The Morgan fingerprint density at radius 1 is 1.50 bits per heavy atom. The number of nitrogens with one attached hydrogen (secondary N) is 1. The zero-order valence-corrected chi connectivity index (χ0v) is 10.5. The molecule has 1 unspecified atom stereocenters. The van der Waals surface area contributed by atoms with Crippen molar-refractivity contribution in [2.45, 2.75) is 20.3 Å². The molecule has 1 aliphatic rings. The van der Waals surface area contributed by atoms with E-state index in [4.69, 9.17) is 5.73 Å². The van der Waals surface area contributed by atoms with Gasteiger partial charge in [0.05, 0.1) is 11.4 Å². The lowest BCUT2D eigenvalue weighted by molar-refractivity contribution is -0.125. The van der Waals surface area contributed by atoms with E-state index >= 15 is 0 Å². The van der Waals surface area contributed by atoms with Gasteiger partial charge >= 0.3 is 0 Å². The number of carbonyl (C=O) groups is 1. The number of aromatic hydroxyl groups is 1. The van der Waals surface area contributed by atoms with Crippen LogP contribution in [0.4, 0.5) is 5.69 Å². The molecule has 2 atom stereocenters. The van der Waals surface area contributed by atoms with Gasteiger partial charge in [-0.1, -0.05) is 19.9 Å². The van der Waals surface area contributed by atoms with Gasteiger partial charge in [0, 0.05) is 17.4 Å². The van der Waals surface area contributed by atoms with E-state index in [-0.39, 0.29) is 23.5 Å². The predicted molar refractivity (Wildman–Crippen MR) is 70.1 cm³/mol. The normalized spacial score (nSPS) is 23.4. The van der Waals surface area contributed by atoms with Crippen molar-refractivity contribution < 1.29 is 9.90 Å². The second-order valence-corrected chi connectivity index (χ2v) is 4.55. The third-order valence-electron chi connectivity index (χ3n) is 3.42. The van der Waals surface area contributed by atoms with Gasteiger partial charge in [-0.05, 0) is 18.6 Å². The highest BCUT2D eigenvalue weighted by Crippen LogP contribution is 2.28. The minimum absolute atomic E-state index is 0.0367. The van der Waals surface area contributed by atoms with Crippen molar-refractivity contribution in [1.82, 2.24) is 5.43 Å². The number of phenols is 1. The van der Waals surface area contributed by atoms with Crippen molar-refractivity contribution in [2.24, 2.45) is 16.9 Å². The molecule has 0 aromatic heterocycles. The molecule has 2 rings (SSSR count). The first-order chi connectivity index (χ1) is 8.54. The number of phenolic OH excluding ortho intramolecular Hbond substituents is 1. The largest absolute Gasteiger partial charge is 0.506 e. The second-order valence-electron chi connectivity index (χ2n) is 4.55. The van der Waals surface area contributed by atoms with Crippen molar-refractivity contribution in [3.05, 3.63) is 23.8 Å². The van der Waals surface area contributed by atoms with Crippen molar-refractivity contribution in [3.63, 3.8) is 0 Å². The average molecular weight is 247 g/mol. The van der Waals surface area contributed by atoms with E-state index in [0.717, 1.165) is 17.7 Å². The fraction of sp³-hybridized carbons (Fsp3) is 0.385. The third-order valence-corrected chi connectivity index (χ3v) is 3.42. The summed E-state index contributed by atoms with van der Waals surface area (Å²) in [4.78, 5) is 11.6. The topological polar surface area (TPSA) is 87.7 Å². The van der Waals surface area contributed by atoms with Gasteiger partial charge in [-0.25, -0.2) is 5.43 Å². The molecule has 18 heavy (non-hydrogen) atoms. The molecule has 96 valence electrons. The molecule has 0 saturated heterocycles. The fourth-order valence-corrected chi connectivity index (χ4v) is 2.25. The lowest BCUT2D eigenvalue weighted by Crippen LogP contribution is -2.40. The summed E-state index contributed by atoms with van der Waals surface area (Å²) in [6.07, 6.45) is 0.818. The summed E-state index contributed by atoms with van der Waals surface area (Å²) in [5.41, 5.74) is 10.0. The summed E-state index contributed by atoms with van der Waals surface area (Å²) < 4.78 is 0. The number of rotatable bonds is 2. The Bertz CT molecular complexity index is 511. The molecule has 4 N–H and O–H groups in total. The summed E-state index contributed by atoms with van der Waals surface area (Å²) in [5.74, 6) is -0.0937.